The van der Waals surface area contributed by atoms with Crippen LogP contribution in [-0.4, -0.2) is 10.1 Å². The Morgan fingerprint density at radius 2 is 1.66 bits per heavy atom. The molecule has 4 aromatic rings. The van der Waals surface area contributed by atoms with Gasteiger partial charge in [0.25, 0.3) is 0 Å². The first-order chi connectivity index (χ1) is 15.6. The Morgan fingerprint density at radius 3 is 2.28 bits per heavy atom. The maximum absolute atomic E-state index is 6.01. The molecule has 1 aliphatic heterocycles. The second-order valence-corrected chi connectivity index (χ2v) is 9.21. The van der Waals surface area contributed by atoms with Gasteiger partial charge in [0, 0.05) is 16.8 Å². The van der Waals surface area contributed by atoms with Crippen LogP contribution in [0.15, 0.2) is 84.4 Å². The van der Waals surface area contributed by atoms with E-state index in [1.807, 2.05) is 54.7 Å². The summed E-state index contributed by atoms with van der Waals surface area (Å²) in [5.41, 5.74) is 4.47. The molecule has 0 spiro atoms. The molecule has 0 bridgehead atoms. The molecular weight excluding hydrogens is 434 g/mol. The maximum atomic E-state index is 6.01. The quantitative estimate of drug-likeness (QED) is 0.336. The van der Waals surface area contributed by atoms with Crippen molar-refractivity contribution in [3.05, 3.63) is 106 Å². The minimum atomic E-state index is -0.0236. The molecule has 0 amide bonds. The first kappa shape index (κ1) is 20.7. The number of aromatic nitrogens is 1. The summed E-state index contributed by atoms with van der Waals surface area (Å²) in [5, 5.41) is 6.35. The number of thiophene rings is 1. The van der Waals surface area contributed by atoms with Crippen molar-refractivity contribution in [2.75, 3.05) is 4.90 Å². The molecule has 0 saturated carbocycles. The van der Waals surface area contributed by atoms with Crippen LogP contribution in [0.1, 0.15) is 33.8 Å². The van der Waals surface area contributed by atoms with E-state index in [2.05, 4.69) is 58.7 Å². The number of aryl methyl sites for hydroxylation is 2. The predicted octanol–water partition coefficient (Wildman–Crippen LogP) is 6.73. The number of nitrogens with zero attached hydrogens (tertiary/aromatic N) is 2. The van der Waals surface area contributed by atoms with Crippen molar-refractivity contribution in [3.63, 3.8) is 0 Å². The van der Waals surface area contributed by atoms with Crippen LogP contribution in [0.2, 0.25) is 0 Å². The fourth-order valence-corrected chi connectivity index (χ4v) is 5.40. The van der Waals surface area contributed by atoms with Crippen LogP contribution in [0.5, 0.6) is 11.5 Å². The summed E-state index contributed by atoms with van der Waals surface area (Å²) in [4.78, 5) is 8.10. The summed E-state index contributed by atoms with van der Waals surface area (Å²) >= 11 is 7.56. The molecule has 0 unspecified atom stereocenters. The fourth-order valence-electron chi connectivity index (χ4n) is 4.00. The van der Waals surface area contributed by atoms with Gasteiger partial charge in [-0.1, -0.05) is 23.8 Å². The van der Waals surface area contributed by atoms with E-state index in [0.29, 0.717) is 5.11 Å². The van der Waals surface area contributed by atoms with Crippen molar-refractivity contribution in [2.45, 2.75) is 25.9 Å². The highest BCUT2D eigenvalue weighted by Gasteiger charge is 2.41. The van der Waals surface area contributed by atoms with Crippen LogP contribution in [0, 0.1) is 13.8 Å². The number of hydrogen-bond acceptors (Lipinski definition) is 4. The fraction of sp³-hybridized carbons (Fsp3) is 0.154. The van der Waals surface area contributed by atoms with Crippen LogP contribution in [0.3, 0.4) is 0 Å². The largest absolute Gasteiger partial charge is 0.457 e. The molecule has 2 aromatic heterocycles. The van der Waals surface area contributed by atoms with E-state index in [4.69, 9.17) is 17.0 Å². The Hall–Kier alpha value is -3.22. The van der Waals surface area contributed by atoms with E-state index in [9.17, 15) is 0 Å². The third-order valence-corrected chi connectivity index (χ3v) is 7.04. The number of hydrogen-bond donors (Lipinski definition) is 1. The number of benzene rings is 2. The highest BCUT2D eigenvalue weighted by Crippen LogP contribution is 2.44. The second-order valence-electron chi connectivity index (χ2n) is 7.87. The van der Waals surface area contributed by atoms with Gasteiger partial charge in [0.15, 0.2) is 5.11 Å². The molecule has 5 rings (SSSR count). The molecule has 160 valence electrons. The topological polar surface area (TPSA) is 37.4 Å². The van der Waals surface area contributed by atoms with Crippen molar-refractivity contribution < 1.29 is 4.74 Å². The standard InChI is InChI=1S/C26H23N3OS2/c1-17-6-10-20(11-7-17)30-21-12-8-19(9-13-21)29-24(25-18(2)14-16-32-25)23(28-26(29)31)22-5-3-4-15-27-22/h3-16,23-24H,1-2H3,(H,28,31)/t23-,24+/m0/s1. The molecular formula is C26H23N3OS2. The van der Waals surface area contributed by atoms with Gasteiger partial charge >= 0.3 is 0 Å². The Morgan fingerprint density at radius 1 is 0.938 bits per heavy atom. The molecule has 4 nitrogen and oxygen atoms in total. The lowest BCUT2D eigenvalue weighted by atomic mass is 10.0. The summed E-state index contributed by atoms with van der Waals surface area (Å²) in [6, 6.07) is 24.3. The van der Waals surface area contributed by atoms with Gasteiger partial charge in [-0.15, -0.1) is 11.3 Å². The van der Waals surface area contributed by atoms with Gasteiger partial charge in [-0.2, -0.15) is 0 Å². The molecule has 2 atom stereocenters. The average Bonchev–Trinajstić information content (AvgIpc) is 3.39. The van der Waals surface area contributed by atoms with Crippen molar-refractivity contribution in [3.8, 4) is 11.5 Å². The highest BCUT2D eigenvalue weighted by atomic mass is 32.1. The zero-order valence-corrected chi connectivity index (χ0v) is 19.5. The summed E-state index contributed by atoms with van der Waals surface area (Å²) in [6.07, 6.45) is 1.83. The first-order valence-electron chi connectivity index (χ1n) is 10.5. The Balaban J connectivity index is 1.47. The molecule has 3 heterocycles. The van der Waals surface area contributed by atoms with Crippen molar-refractivity contribution in [1.82, 2.24) is 10.3 Å². The van der Waals surface area contributed by atoms with E-state index < -0.39 is 0 Å². The van der Waals surface area contributed by atoms with Crippen LogP contribution >= 0.6 is 23.6 Å². The van der Waals surface area contributed by atoms with Crippen LogP contribution in [0.4, 0.5) is 5.69 Å². The van der Waals surface area contributed by atoms with E-state index in [1.54, 1.807) is 11.3 Å². The lowest BCUT2D eigenvalue weighted by Gasteiger charge is -2.27. The summed E-state index contributed by atoms with van der Waals surface area (Å²) in [7, 11) is 0. The van der Waals surface area contributed by atoms with Crippen LogP contribution < -0.4 is 15.0 Å². The molecule has 0 aliphatic carbocycles. The molecule has 2 aromatic carbocycles. The van der Waals surface area contributed by atoms with Gasteiger partial charge in [-0.25, -0.2) is 0 Å². The zero-order valence-electron chi connectivity index (χ0n) is 17.9. The lowest BCUT2D eigenvalue weighted by Crippen LogP contribution is -2.29. The number of rotatable bonds is 5. The number of pyridine rings is 1. The highest BCUT2D eigenvalue weighted by molar-refractivity contribution is 7.80. The lowest BCUT2D eigenvalue weighted by molar-refractivity contribution is 0.482. The first-order valence-corrected chi connectivity index (χ1v) is 11.8. The third-order valence-electron chi connectivity index (χ3n) is 5.64. The number of ether oxygens (including phenoxy) is 1. The second kappa shape index (κ2) is 8.73. The molecule has 1 aliphatic rings. The van der Waals surface area contributed by atoms with Gasteiger partial charge < -0.3 is 15.0 Å². The summed E-state index contributed by atoms with van der Waals surface area (Å²) in [5.74, 6) is 1.62. The van der Waals surface area contributed by atoms with Gasteiger partial charge in [0.2, 0.25) is 0 Å². The third kappa shape index (κ3) is 3.99. The SMILES string of the molecule is Cc1ccc(Oc2ccc(N3C(=S)N[C@@H](c4ccccn4)[C@@H]3c3sccc3C)cc2)cc1. The Bertz CT molecular complexity index is 1220. The number of thiocarbonyl (C=S) groups is 1. The average molecular weight is 458 g/mol. The summed E-state index contributed by atoms with van der Waals surface area (Å²) < 4.78 is 6.01. The molecule has 6 heteroatoms. The monoisotopic (exact) mass is 457 g/mol. The van der Waals surface area contributed by atoms with Crippen molar-refractivity contribution in [1.29, 1.82) is 0 Å². The molecule has 1 fully saturated rings. The van der Waals surface area contributed by atoms with Gasteiger partial charge in [0.1, 0.15) is 11.5 Å². The minimum absolute atomic E-state index is 0.0236. The van der Waals surface area contributed by atoms with Gasteiger partial charge in [-0.05, 0) is 91.6 Å². The minimum Gasteiger partial charge on any atom is -0.457 e. The number of anilines is 1. The van der Waals surface area contributed by atoms with E-state index in [1.165, 1.54) is 16.0 Å². The predicted molar refractivity (Wildman–Crippen MR) is 135 cm³/mol. The van der Waals surface area contributed by atoms with Crippen molar-refractivity contribution in [2.24, 2.45) is 0 Å². The van der Waals surface area contributed by atoms with Gasteiger partial charge in [0.05, 0.1) is 17.8 Å². The van der Waals surface area contributed by atoms with Crippen LogP contribution in [-0.2, 0) is 0 Å². The number of nitrogens with one attached hydrogen (secondary N) is 1. The molecule has 32 heavy (non-hydrogen) atoms. The van der Waals surface area contributed by atoms with Gasteiger partial charge in [-0.3, -0.25) is 4.98 Å². The van der Waals surface area contributed by atoms with E-state index >= 15 is 0 Å². The molecule has 0 radical (unpaired) electrons. The van der Waals surface area contributed by atoms with Crippen LogP contribution in [0.25, 0.3) is 0 Å². The van der Waals surface area contributed by atoms with E-state index in [-0.39, 0.29) is 12.1 Å². The summed E-state index contributed by atoms with van der Waals surface area (Å²) in [6.45, 7) is 4.22. The molecule has 1 saturated heterocycles. The van der Waals surface area contributed by atoms with Crippen molar-refractivity contribution >= 4 is 34.4 Å². The normalized spacial score (nSPS) is 17.9. The van der Waals surface area contributed by atoms with E-state index in [0.717, 1.165) is 22.9 Å². The Labute approximate surface area is 197 Å². The smallest absolute Gasteiger partial charge is 0.174 e. The molecule has 1 N–H and O–H groups in total. The Kier molecular flexibility index (Phi) is 5.64. The zero-order chi connectivity index (χ0) is 22.1. The maximum Gasteiger partial charge on any atom is 0.174 e.